The first-order valence-corrected chi connectivity index (χ1v) is 15.9. The van der Waals surface area contributed by atoms with Crippen LogP contribution in [0, 0.1) is 6.92 Å². The van der Waals surface area contributed by atoms with Gasteiger partial charge in [-0.3, -0.25) is 19.2 Å². The Kier molecular flexibility index (Phi) is 16.1. The fourth-order valence-corrected chi connectivity index (χ4v) is 4.44. The lowest BCUT2D eigenvalue weighted by atomic mass is 9.97. The molecule has 13 heteroatoms. The summed E-state index contributed by atoms with van der Waals surface area (Å²) in [5.41, 5.74) is 2.67. The summed E-state index contributed by atoms with van der Waals surface area (Å²) in [6.45, 7) is 10.0. The van der Waals surface area contributed by atoms with Gasteiger partial charge >= 0.3 is 0 Å². The van der Waals surface area contributed by atoms with Crippen LogP contribution in [-0.2, 0) is 36.9 Å². The van der Waals surface area contributed by atoms with Gasteiger partial charge in [-0.15, -0.1) is 11.3 Å². The maximum atomic E-state index is 12.9. The molecule has 0 spiro atoms. The molecule has 3 amide bonds. The number of Topliss-reactive ketones (excluding diaryl/α,β-unsaturated/α-hetero) is 1. The molecule has 3 atom stereocenters. The maximum Gasteiger partial charge on any atom is 0.274 e. The highest BCUT2D eigenvalue weighted by atomic mass is 32.1. The van der Waals surface area contributed by atoms with E-state index in [4.69, 9.17) is 14.0 Å². The summed E-state index contributed by atoms with van der Waals surface area (Å²) in [6, 6.07) is 9.96. The van der Waals surface area contributed by atoms with E-state index in [9.17, 15) is 19.2 Å². The van der Waals surface area contributed by atoms with Crippen molar-refractivity contribution in [2.45, 2.75) is 84.6 Å². The molecule has 1 aromatic carbocycles. The quantitative estimate of drug-likeness (QED) is 0.222. The van der Waals surface area contributed by atoms with Crippen LogP contribution in [0.15, 0.2) is 51.8 Å². The highest BCUT2D eigenvalue weighted by molar-refractivity contribution is 7.07. The number of methoxy groups -OCH3 is 1. The van der Waals surface area contributed by atoms with E-state index in [2.05, 4.69) is 59.0 Å². The van der Waals surface area contributed by atoms with Crippen LogP contribution in [0.3, 0.4) is 0 Å². The molecule has 4 rings (SSSR count). The number of aromatic nitrogens is 2. The van der Waals surface area contributed by atoms with Crippen molar-refractivity contribution in [3.05, 3.63) is 70.0 Å². The van der Waals surface area contributed by atoms with E-state index in [1.54, 1.807) is 17.8 Å². The van der Waals surface area contributed by atoms with Gasteiger partial charge in [0.2, 0.25) is 11.8 Å². The third-order valence-electron chi connectivity index (χ3n) is 6.29. The minimum Gasteiger partial charge on any atom is -0.377 e. The lowest BCUT2D eigenvalue weighted by molar-refractivity contribution is -0.131. The number of amides is 3. The van der Waals surface area contributed by atoms with Crippen molar-refractivity contribution in [2.24, 2.45) is 0 Å². The number of carbonyl (C=O) groups is 4. The van der Waals surface area contributed by atoms with Crippen LogP contribution < -0.4 is 16.0 Å². The van der Waals surface area contributed by atoms with Crippen molar-refractivity contribution in [1.29, 1.82) is 0 Å². The number of thiazole rings is 1. The predicted octanol–water partition coefficient (Wildman–Crippen LogP) is 3.79. The number of rotatable bonds is 14. The zero-order chi connectivity index (χ0) is 33.2. The first-order valence-electron chi connectivity index (χ1n) is 15.0. The summed E-state index contributed by atoms with van der Waals surface area (Å²) < 4.78 is 15.2. The Bertz CT molecular complexity index is 1330. The summed E-state index contributed by atoms with van der Waals surface area (Å²) in [7, 11) is 1.48. The van der Waals surface area contributed by atoms with Crippen LogP contribution in [-0.4, -0.2) is 71.6 Å². The van der Waals surface area contributed by atoms with Gasteiger partial charge < -0.3 is 29.9 Å². The molecular weight excluding hydrogens is 598 g/mol. The average Bonchev–Trinajstić information content (AvgIpc) is 3.36. The fraction of sp³-hybridized carbons (Fsp3) is 0.500. The van der Waals surface area contributed by atoms with Crippen molar-refractivity contribution in [3.8, 4) is 0 Å². The first-order chi connectivity index (χ1) is 21.6. The van der Waals surface area contributed by atoms with E-state index in [-0.39, 0.29) is 31.0 Å². The number of carbonyl (C=O) groups excluding carboxylic acids is 4. The maximum absolute atomic E-state index is 12.9. The number of hydrogen-bond donors (Lipinski definition) is 3. The van der Waals surface area contributed by atoms with E-state index in [1.165, 1.54) is 36.5 Å². The number of hydrogen-bond acceptors (Lipinski definition) is 10. The molecule has 1 fully saturated rings. The summed E-state index contributed by atoms with van der Waals surface area (Å²) >= 11 is 1.35. The van der Waals surface area contributed by atoms with Gasteiger partial charge in [-0.05, 0) is 20.3 Å². The van der Waals surface area contributed by atoms with Crippen molar-refractivity contribution >= 4 is 34.8 Å². The van der Waals surface area contributed by atoms with Gasteiger partial charge in [-0.1, -0.05) is 74.7 Å². The molecule has 2 aromatic heterocycles. The summed E-state index contributed by atoms with van der Waals surface area (Å²) in [6.07, 6.45) is 2.51. The summed E-state index contributed by atoms with van der Waals surface area (Å²) in [5.74, 6) is -1.56. The second-order valence-electron chi connectivity index (χ2n) is 10.7. The Hall–Kier alpha value is -3.94. The smallest absolute Gasteiger partial charge is 0.274 e. The van der Waals surface area contributed by atoms with E-state index in [0.29, 0.717) is 30.9 Å². The summed E-state index contributed by atoms with van der Waals surface area (Å²) in [5, 5.41) is 13.2. The van der Waals surface area contributed by atoms with E-state index in [1.807, 2.05) is 25.1 Å². The first kappa shape index (κ1) is 37.2. The average molecular weight is 644 g/mol. The second kappa shape index (κ2) is 19.4. The molecule has 0 bridgehead atoms. The van der Waals surface area contributed by atoms with Gasteiger partial charge in [0.25, 0.3) is 5.91 Å². The SMILES string of the molecule is CCC.CCC[C@H](NC(=O)CNC(=O)C(Cc1cscn1)NC(=O)c1cc(COC)on1)C(=O)C1(C)CO1.Cc1ccccc1. The van der Waals surface area contributed by atoms with Crippen LogP contribution in [0.1, 0.15) is 74.5 Å². The minimum atomic E-state index is -1.02. The number of ketones is 1. The molecule has 3 aromatic rings. The Morgan fingerprint density at radius 3 is 2.31 bits per heavy atom. The van der Waals surface area contributed by atoms with Crippen LogP contribution in [0.25, 0.3) is 0 Å². The van der Waals surface area contributed by atoms with E-state index in [0.717, 1.165) is 0 Å². The monoisotopic (exact) mass is 643 g/mol. The van der Waals surface area contributed by atoms with E-state index < -0.39 is 35.4 Å². The van der Waals surface area contributed by atoms with Crippen molar-refractivity contribution in [2.75, 3.05) is 20.3 Å². The molecule has 45 heavy (non-hydrogen) atoms. The van der Waals surface area contributed by atoms with Crippen LogP contribution >= 0.6 is 11.3 Å². The molecule has 2 unspecified atom stereocenters. The third kappa shape index (κ3) is 13.3. The topological polar surface area (TPSA) is 165 Å². The Morgan fingerprint density at radius 2 is 1.78 bits per heavy atom. The molecule has 12 nitrogen and oxygen atoms in total. The standard InChI is InChI=1S/C22H29N5O7S.C7H8.C3H8/c1-4-5-15(19(29)22(2)11-33-22)25-18(28)8-23-20(30)16(6-13-10-35-12-24-13)26-21(31)17-7-14(9-32-3)34-27-17;1-7-5-3-2-4-6-7;1-3-2/h7,10,12,15-16H,4-6,8-9,11H2,1-3H3,(H,23,30)(H,25,28)(H,26,31);2-6H,1H3;3H2,1-2H3/t15-,16?,22?;;/m0../s1. The number of ether oxygens (including phenoxy) is 2. The minimum absolute atomic E-state index is 0.0115. The Morgan fingerprint density at radius 1 is 1.09 bits per heavy atom. The second-order valence-corrected chi connectivity index (χ2v) is 11.4. The molecule has 1 aliphatic heterocycles. The Labute approximate surface area is 268 Å². The number of benzene rings is 1. The van der Waals surface area contributed by atoms with Crippen molar-refractivity contribution in [3.63, 3.8) is 0 Å². The molecule has 1 aliphatic rings. The molecule has 3 heterocycles. The molecule has 0 saturated carbocycles. The van der Waals surface area contributed by atoms with Crippen LogP contribution in [0.2, 0.25) is 0 Å². The van der Waals surface area contributed by atoms with Gasteiger partial charge in [-0.25, -0.2) is 4.98 Å². The van der Waals surface area contributed by atoms with Gasteiger partial charge in [0, 0.05) is 25.0 Å². The van der Waals surface area contributed by atoms with Crippen LogP contribution in [0.4, 0.5) is 0 Å². The Balaban J connectivity index is 0.000000603. The zero-order valence-electron chi connectivity index (χ0n) is 26.9. The number of nitrogens with one attached hydrogen (secondary N) is 3. The number of aryl methyl sites for hydroxylation is 1. The van der Waals surface area contributed by atoms with Gasteiger partial charge in [-0.2, -0.15) is 0 Å². The zero-order valence-corrected chi connectivity index (χ0v) is 27.7. The molecule has 3 N–H and O–H groups in total. The summed E-state index contributed by atoms with van der Waals surface area (Å²) in [4.78, 5) is 54.7. The van der Waals surface area contributed by atoms with Gasteiger partial charge in [0.1, 0.15) is 18.2 Å². The normalized spacial score (nSPS) is 16.0. The lowest BCUT2D eigenvalue weighted by Crippen LogP contribution is -2.52. The van der Waals surface area contributed by atoms with Crippen molar-refractivity contribution in [1.82, 2.24) is 26.1 Å². The molecule has 1 saturated heterocycles. The number of epoxide rings is 1. The van der Waals surface area contributed by atoms with Crippen LogP contribution in [0.5, 0.6) is 0 Å². The van der Waals surface area contributed by atoms with Gasteiger partial charge in [0.15, 0.2) is 17.2 Å². The highest BCUT2D eigenvalue weighted by Gasteiger charge is 2.49. The van der Waals surface area contributed by atoms with E-state index >= 15 is 0 Å². The third-order valence-corrected chi connectivity index (χ3v) is 6.92. The largest absolute Gasteiger partial charge is 0.377 e. The predicted molar refractivity (Wildman–Crippen MR) is 171 cm³/mol. The molecular formula is C32H45N5O7S. The van der Waals surface area contributed by atoms with Crippen molar-refractivity contribution < 1.29 is 33.2 Å². The van der Waals surface area contributed by atoms with Gasteiger partial charge in [0.05, 0.1) is 30.4 Å². The number of nitrogens with zero attached hydrogens (tertiary/aromatic N) is 2. The molecule has 0 aliphatic carbocycles. The lowest BCUT2D eigenvalue weighted by Gasteiger charge is -2.20. The highest BCUT2D eigenvalue weighted by Crippen LogP contribution is 2.29. The fourth-order valence-electron chi connectivity index (χ4n) is 3.87. The molecule has 0 radical (unpaired) electrons. The molecule has 246 valence electrons.